The maximum Gasteiger partial charge on any atom is 0.223 e. The highest BCUT2D eigenvalue weighted by Crippen LogP contribution is 2.26. The van der Waals surface area contributed by atoms with Gasteiger partial charge in [-0.3, -0.25) is 4.79 Å². The second kappa shape index (κ2) is 8.49. The topological polar surface area (TPSA) is 32.3 Å². The lowest BCUT2D eigenvalue weighted by molar-refractivity contribution is -0.135. The smallest absolute Gasteiger partial charge is 0.223 e. The zero-order chi connectivity index (χ0) is 15.9. The minimum atomic E-state index is 0.368. The molecule has 1 aliphatic carbocycles. The number of amides is 1. The van der Waals surface area contributed by atoms with Gasteiger partial charge in [0.15, 0.2) is 0 Å². The fourth-order valence-corrected chi connectivity index (χ4v) is 4.03. The van der Waals surface area contributed by atoms with Crippen LogP contribution in [0.5, 0.6) is 0 Å². The van der Waals surface area contributed by atoms with Crippen LogP contribution in [0.1, 0.15) is 56.9 Å². The third-order valence-electron chi connectivity index (χ3n) is 5.46. The normalized spacial score (nSPS) is 22.2. The van der Waals surface area contributed by atoms with Gasteiger partial charge < -0.3 is 10.2 Å². The molecule has 1 amide bonds. The standard InChI is InChI=1S/C20H30N2O/c23-20(12-11-17-13-14-21-15-17)22(19-9-5-2-6-10-19)16-18-7-3-1-4-8-18/h1,3-4,7-8,17,19,21H,2,5-6,9-16H2. The Morgan fingerprint density at radius 2 is 1.87 bits per heavy atom. The Morgan fingerprint density at radius 3 is 2.57 bits per heavy atom. The molecule has 1 aromatic carbocycles. The largest absolute Gasteiger partial charge is 0.335 e. The molecule has 0 bridgehead atoms. The molecule has 1 N–H and O–H groups in total. The van der Waals surface area contributed by atoms with Gasteiger partial charge in [-0.2, -0.15) is 0 Å². The fourth-order valence-electron chi connectivity index (χ4n) is 4.03. The molecule has 23 heavy (non-hydrogen) atoms. The molecule has 0 spiro atoms. The minimum absolute atomic E-state index is 0.368. The molecule has 3 heteroatoms. The van der Waals surface area contributed by atoms with Crippen molar-refractivity contribution in [3.05, 3.63) is 35.9 Å². The van der Waals surface area contributed by atoms with Gasteiger partial charge >= 0.3 is 0 Å². The van der Waals surface area contributed by atoms with Crippen molar-refractivity contribution in [2.45, 2.75) is 64.0 Å². The Morgan fingerprint density at radius 1 is 1.09 bits per heavy atom. The van der Waals surface area contributed by atoms with Crippen molar-refractivity contribution in [3.8, 4) is 0 Å². The van der Waals surface area contributed by atoms with Crippen LogP contribution >= 0.6 is 0 Å². The van der Waals surface area contributed by atoms with Crippen molar-refractivity contribution >= 4 is 5.91 Å². The van der Waals surface area contributed by atoms with E-state index in [4.69, 9.17) is 0 Å². The molecule has 1 aliphatic heterocycles. The predicted octanol–water partition coefficient (Wildman–Crippen LogP) is 3.74. The quantitative estimate of drug-likeness (QED) is 0.867. The highest BCUT2D eigenvalue weighted by Gasteiger charge is 2.26. The number of benzene rings is 1. The van der Waals surface area contributed by atoms with E-state index in [0.29, 0.717) is 17.9 Å². The van der Waals surface area contributed by atoms with Crippen LogP contribution in [0.25, 0.3) is 0 Å². The van der Waals surface area contributed by atoms with Gasteiger partial charge in [-0.15, -0.1) is 0 Å². The fraction of sp³-hybridized carbons (Fsp3) is 0.650. The molecule has 2 fully saturated rings. The van der Waals surface area contributed by atoms with Crippen LogP contribution < -0.4 is 5.32 Å². The molecule has 1 atom stereocenters. The number of hydrogen-bond donors (Lipinski definition) is 1. The van der Waals surface area contributed by atoms with Crippen LogP contribution in [-0.4, -0.2) is 29.9 Å². The maximum absolute atomic E-state index is 12.9. The summed E-state index contributed by atoms with van der Waals surface area (Å²) in [7, 11) is 0. The second-order valence-electron chi connectivity index (χ2n) is 7.20. The van der Waals surface area contributed by atoms with Crippen molar-refractivity contribution < 1.29 is 4.79 Å². The summed E-state index contributed by atoms with van der Waals surface area (Å²) in [6.07, 6.45) is 9.24. The molecular weight excluding hydrogens is 284 g/mol. The van der Waals surface area contributed by atoms with E-state index in [1.54, 1.807) is 0 Å². The lowest BCUT2D eigenvalue weighted by atomic mass is 9.93. The molecule has 1 unspecified atom stereocenters. The van der Waals surface area contributed by atoms with Gasteiger partial charge in [0.1, 0.15) is 0 Å². The molecule has 126 valence electrons. The van der Waals surface area contributed by atoms with Crippen LogP contribution in [0.2, 0.25) is 0 Å². The summed E-state index contributed by atoms with van der Waals surface area (Å²) >= 11 is 0. The Bertz CT molecular complexity index is 476. The molecule has 1 heterocycles. The molecule has 3 nitrogen and oxygen atoms in total. The molecule has 2 aliphatic rings. The zero-order valence-electron chi connectivity index (χ0n) is 14.2. The molecule has 0 radical (unpaired) electrons. The molecule has 0 aromatic heterocycles. The first kappa shape index (κ1) is 16.5. The van der Waals surface area contributed by atoms with E-state index >= 15 is 0 Å². The summed E-state index contributed by atoms with van der Waals surface area (Å²) in [6, 6.07) is 10.9. The van der Waals surface area contributed by atoms with E-state index in [1.807, 2.05) is 6.07 Å². The number of nitrogens with one attached hydrogen (secondary N) is 1. The van der Waals surface area contributed by atoms with Crippen LogP contribution in [-0.2, 0) is 11.3 Å². The minimum Gasteiger partial charge on any atom is -0.335 e. The summed E-state index contributed by atoms with van der Waals surface area (Å²) in [5.41, 5.74) is 1.26. The average molecular weight is 314 g/mol. The van der Waals surface area contributed by atoms with Gasteiger partial charge in [0, 0.05) is 19.0 Å². The number of rotatable bonds is 6. The van der Waals surface area contributed by atoms with Gasteiger partial charge in [0.2, 0.25) is 5.91 Å². The number of hydrogen-bond acceptors (Lipinski definition) is 2. The van der Waals surface area contributed by atoms with E-state index < -0.39 is 0 Å². The van der Waals surface area contributed by atoms with E-state index in [2.05, 4.69) is 34.5 Å². The van der Waals surface area contributed by atoms with Crippen molar-refractivity contribution in [3.63, 3.8) is 0 Å². The maximum atomic E-state index is 12.9. The van der Waals surface area contributed by atoms with Crippen LogP contribution in [0, 0.1) is 5.92 Å². The highest BCUT2D eigenvalue weighted by molar-refractivity contribution is 5.76. The Labute approximate surface area is 140 Å². The molecule has 1 saturated heterocycles. The van der Waals surface area contributed by atoms with Gasteiger partial charge in [-0.1, -0.05) is 49.6 Å². The van der Waals surface area contributed by atoms with E-state index in [0.717, 1.165) is 32.5 Å². The van der Waals surface area contributed by atoms with Crippen LogP contribution in [0.3, 0.4) is 0 Å². The van der Waals surface area contributed by atoms with Crippen molar-refractivity contribution in [2.75, 3.05) is 13.1 Å². The van der Waals surface area contributed by atoms with E-state index in [9.17, 15) is 4.79 Å². The monoisotopic (exact) mass is 314 g/mol. The molecular formula is C20H30N2O. The summed E-state index contributed by atoms with van der Waals surface area (Å²) in [4.78, 5) is 15.1. The summed E-state index contributed by atoms with van der Waals surface area (Å²) in [5, 5.41) is 3.40. The van der Waals surface area contributed by atoms with Gasteiger partial charge in [0.25, 0.3) is 0 Å². The van der Waals surface area contributed by atoms with E-state index in [1.165, 1.54) is 44.1 Å². The van der Waals surface area contributed by atoms with Gasteiger partial charge in [-0.05, 0) is 50.3 Å². The average Bonchev–Trinajstić information content (AvgIpc) is 3.13. The Balaban J connectivity index is 1.61. The second-order valence-corrected chi connectivity index (χ2v) is 7.20. The lowest BCUT2D eigenvalue weighted by Crippen LogP contribution is -2.41. The van der Waals surface area contributed by atoms with Gasteiger partial charge in [0.05, 0.1) is 0 Å². The first-order valence-corrected chi connectivity index (χ1v) is 9.37. The molecule has 1 aromatic rings. The van der Waals surface area contributed by atoms with Gasteiger partial charge in [-0.25, -0.2) is 0 Å². The summed E-state index contributed by atoms with van der Waals surface area (Å²) < 4.78 is 0. The van der Waals surface area contributed by atoms with Crippen molar-refractivity contribution in [2.24, 2.45) is 5.92 Å². The molecule has 1 saturated carbocycles. The Kier molecular flexibility index (Phi) is 6.09. The third-order valence-corrected chi connectivity index (χ3v) is 5.46. The SMILES string of the molecule is O=C(CCC1CCNC1)N(Cc1ccccc1)C1CCCCC1. The first-order chi connectivity index (χ1) is 11.3. The number of carbonyl (C=O) groups excluding carboxylic acids is 1. The number of nitrogens with zero attached hydrogens (tertiary/aromatic N) is 1. The van der Waals surface area contributed by atoms with Crippen LogP contribution in [0.15, 0.2) is 30.3 Å². The van der Waals surface area contributed by atoms with Crippen molar-refractivity contribution in [1.82, 2.24) is 10.2 Å². The first-order valence-electron chi connectivity index (χ1n) is 9.37. The third kappa shape index (κ3) is 4.81. The molecule has 3 rings (SSSR count). The lowest BCUT2D eigenvalue weighted by Gasteiger charge is -2.35. The Hall–Kier alpha value is -1.35. The van der Waals surface area contributed by atoms with Crippen molar-refractivity contribution in [1.29, 1.82) is 0 Å². The highest BCUT2D eigenvalue weighted by atomic mass is 16.2. The predicted molar refractivity (Wildman–Crippen MR) is 94.1 cm³/mol. The van der Waals surface area contributed by atoms with Crippen LogP contribution in [0.4, 0.5) is 0 Å². The zero-order valence-corrected chi connectivity index (χ0v) is 14.2. The number of carbonyl (C=O) groups is 1. The van der Waals surface area contributed by atoms with E-state index in [-0.39, 0.29) is 0 Å². The summed E-state index contributed by atoms with van der Waals surface area (Å²) in [5.74, 6) is 1.07. The summed E-state index contributed by atoms with van der Waals surface area (Å²) in [6.45, 7) is 3.00.